The number of nitrogens with zero attached hydrogens (tertiary/aromatic N) is 2. The lowest BCUT2D eigenvalue weighted by Gasteiger charge is -2.12. The normalized spacial score (nSPS) is 11.3. The maximum atomic E-state index is 12.8. The van der Waals surface area contributed by atoms with Gasteiger partial charge in [0.15, 0.2) is 6.61 Å². The Morgan fingerprint density at radius 1 is 1.14 bits per heavy atom. The van der Waals surface area contributed by atoms with Crippen molar-refractivity contribution in [1.82, 2.24) is 9.78 Å². The lowest BCUT2D eigenvalue weighted by atomic mass is 10.2. The highest BCUT2D eigenvalue weighted by atomic mass is 32.2. The predicted octanol–water partition coefficient (Wildman–Crippen LogP) is 3.06. The molecule has 0 amide bonds. The van der Waals surface area contributed by atoms with Crippen molar-refractivity contribution in [2.24, 2.45) is 0 Å². The summed E-state index contributed by atoms with van der Waals surface area (Å²) in [7, 11) is -3.84. The first-order valence-electron chi connectivity index (χ1n) is 8.77. The Balaban J connectivity index is 1.84. The first-order valence-corrected chi connectivity index (χ1v) is 10.3. The Morgan fingerprint density at radius 3 is 2.52 bits per heavy atom. The molecule has 0 radical (unpaired) electrons. The van der Waals surface area contributed by atoms with E-state index in [0.717, 1.165) is 17.1 Å². The maximum absolute atomic E-state index is 12.8. The number of hydrogen-bond acceptors (Lipinski definition) is 5. The highest BCUT2D eigenvalue weighted by Crippen LogP contribution is 2.24. The largest absolute Gasteiger partial charge is 0.482 e. The fraction of sp³-hybridized carbons (Fsp3) is 0.200. The van der Waals surface area contributed by atoms with E-state index >= 15 is 0 Å². The van der Waals surface area contributed by atoms with Crippen molar-refractivity contribution in [2.75, 3.05) is 11.3 Å². The highest BCUT2D eigenvalue weighted by molar-refractivity contribution is 7.92. The number of carboxylic acids is 1. The van der Waals surface area contributed by atoms with Gasteiger partial charge >= 0.3 is 5.97 Å². The van der Waals surface area contributed by atoms with E-state index in [1.807, 2.05) is 26.0 Å². The third-order valence-corrected chi connectivity index (χ3v) is 5.54. The molecular weight excluding hydrogens is 394 g/mol. The number of aryl methyl sites for hydroxylation is 3. The summed E-state index contributed by atoms with van der Waals surface area (Å²) in [6, 6.07) is 13.1. The quantitative estimate of drug-likeness (QED) is 0.614. The molecule has 29 heavy (non-hydrogen) atoms. The Morgan fingerprint density at radius 2 is 1.90 bits per heavy atom. The van der Waals surface area contributed by atoms with Crippen molar-refractivity contribution in [3.63, 3.8) is 0 Å². The number of nitrogens with one attached hydrogen (secondary N) is 1. The number of anilines is 1. The summed E-state index contributed by atoms with van der Waals surface area (Å²) in [5.41, 5.74) is 3.47. The first-order chi connectivity index (χ1) is 13.7. The maximum Gasteiger partial charge on any atom is 0.341 e. The molecule has 0 aliphatic rings. The smallest absolute Gasteiger partial charge is 0.341 e. The molecule has 0 unspecified atom stereocenters. The van der Waals surface area contributed by atoms with Gasteiger partial charge in [0.1, 0.15) is 5.75 Å². The number of ether oxygens (including phenoxy) is 1. The number of aromatic nitrogens is 2. The van der Waals surface area contributed by atoms with Crippen LogP contribution in [0.5, 0.6) is 5.75 Å². The number of benzene rings is 2. The summed E-state index contributed by atoms with van der Waals surface area (Å²) < 4.78 is 35.0. The molecular formula is C20H21N3O5S. The average molecular weight is 415 g/mol. The fourth-order valence-electron chi connectivity index (χ4n) is 2.90. The van der Waals surface area contributed by atoms with Crippen LogP contribution in [-0.2, 0) is 14.8 Å². The summed E-state index contributed by atoms with van der Waals surface area (Å²) in [4.78, 5) is 10.7. The Bertz CT molecular complexity index is 1170. The van der Waals surface area contributed by atoms with Crippen LogP contribution in [0.1, 0.15) is 17.0 Å². The first kappa shape index (κ1) is 20.4. The average Bonchev–Trinajstić information content (AvgIpc) is 2.98. The van der Waals surface area contributed by atoms with Gasteiger partial charge in [0, 0.05) is 5.69 Å². The van der Waals surface area contributed by atoms with Crippen molar-refractivity contribution < 1.29 is 23.1 Å². The van der Waals surface area contributed by atoms with E-state index in [0.29, 0.717) is 17.0 Å². The second-order valence-corrected chi connectivity index (χ2v) is 8.29. The van der Waals surface area contributed by atoms with Crippen LogP contribution in [0.4, 0.5) is 5.69 Å². The lowest BCUT2D eigenvalue weighted by molar-refractivity contribution is -0.139. The van der Waals surface area contributed by atoms with Gasteiger partial charge < -0.3 is 9.84 Å². The number of sulfonamides is 1. The molecule has 0 aliphatic heterocycles. The fourth-order valence-corrected chi connectivity index (χ4v) is 4.03. The van der Waals surface area contributed by atoms with E-state index < -0.39 is 22.6 Å². The SMILES string of the molecule is Cc1cc(C)n(-c2cccc(NS(=O)(=O)c3ccc(OCC(=O)O)c(C)c3)c2)n1. The number of hydrogen-bond donors (Lipinski definition) is 2. The van der Waals surface area contributed by atoms with Crippen LogP contribution in [-0.4, -0.2) is 35.9 Å². The van der Waals surface area contributed by atoms with Gasteiger partial charge in [0.2, 0.25) is 0 Å². The summed E-state index contributed by atoms with van der Waals surface area (Å²) >= 11 is 0. The predicted molar refractivity (Wildman–Crippen MR) is 108 cm³/mol. The third kappa shape index (κ3) is 4.75. The molecule has 1 aromatic heterocycles. The molecule has 0 spiro atoms. The number of aliphatic carboxylic acids is 1. The van der Waals surface area contributed by atoms with Gasteiger partial charge in [-0.15, -0.1) is 0 Å². The van der Waals surface area contributed by atoms with Crippen LogP contribution in [0.3, 0.4) is 0 Å². The zero-order valence-electron chi connectivity index (χ0n) is 16.2. The molecule has 0 fully saturated rings. The van der Waals surface area contributed by atoms with Gasteiger partial charge in [0.25, 0.3) is 10.0 Å². The monoisotopic (exact) mass is 415 g/mol. The minimum Gasteiger partial charge on any atom is -0.482 e. The zero-order chi connectivity index (χ0) is 21.2. The molecule has 3 aromatic rings. The Hall–Kier alpha value is -3.33. The molecule has 0 saturated heterocycles. The second-order valence-electron chi connectivity index (χ2n) is 6.60. The number of carboxylic acid groups (broad SMARTS) is 1. The van der Waals surface area contributed by atoms with Crippen LogP contribution < -0.4 is 9.46 Å². The molecule has 1 heterocycles. The molecule has 2 aromatic carbocycles. The summed E-state index contributed by atoms with van der Waals surface area (Å²) in [5.74, 6) is -0.789. The van der Waals surface area contributed by atoms with E-state index in [1.54, 1.807) is 29.8 Å². The van der Waals surface area contributed by atoms with Crippen LogP contribution >= 0.6 is 0 Å². The van der Waals surface area contributed by atoms with Crippen molar-refractivity contribution in [3.8, 4) is 11.4 Å². The van der Waals surface area contributed by atoms with Gasteiger partial charge in [-0.1, -0.05) is 6.07 Å². The number of carbonyl (C=O) groups is 1. The van der Waals surface area contributed by atoms with Gasteiger partial charge in [-0.2, -0.15) is 5.10 Å². The van der Waals surface area contributed by atoms with E-state index in [9.17, 15) is 13.2 Å². The van der Waals surface area contributed by atoms with E-state index in [4.69, 9.17) is 9.84 Å². The summed E-state index contributed by atoms with van der Waals surface area (Å²) in [5, 5.41) is 13.1. The highest BCUT2D eigenvalue weighted by Gasteiger charge is 2.17. The topological polar surface area (TPSA) is 111 Å². The zero-order valence-corrected chi connectivity index (χ0v) is 17.0. The van der Waals surface area contributed by atoms with Gasteiger partial charge in [0.05, 0.1) is 22.0 Å². The molecule has 152 valence electrons. The van der Waals surface area contributed by atoms with E-state index in [1.165, 1.54) is 18.2 Å². The summed E-state index contributed by atoms with van der Waals surface area (Å²) in [6.07, 6.45) is 0. The van der Waals surface area contributed by atoms with Crippen LogP contribution in [0, 0.1) is 20.8 Å². The number of rotatable bonds is 7. The minimum atomic E-state index is -3.84. The minimum absolute atomic E-state index is 0.0502. The molecule has 3 rings (SSSR count). The second kappa shape index (κ2) is 7.96. The molecule has 9 heteroatoms. The van der Waals surface area contributed by atoms with Gasteiger partial charge in [-0.05, 0) is 68.8 Å². The lowest BCUT2D eigenvalue weighted by Crippen LogP contribution is -2.14. The summed E-state index contributed by atoms with van der Waals surface area (Å²) in [6.45, 7) is 4.97. The van der Waals surface area contributed by atoms with Crippen LogP contribution in [0.2, 0.25) is 0 Å². The standard InChI is InChI=1S/C20H21N3O5S/c1-13-9-18(7-8-19(13)28-12-20(24)25)29(26,27)22-16-5-4-6-17(11-16)23-15(3)10-14(2)21-23/h4-11,22H,12H2,1-3H3,(H,24,25). The van der Waals surface area contributed by atoms with Crippen molar-refractivity contribution in [1.29, 1.82) is 0 Å². The van der Waals surface area contributed by atoms with Gasteiger partial charge in [-0.25, -0.2) is 17.9 Å². The van der Waals surface area contributed by atoms with Crippen molar-refractivity contribution in [3.05, 3.63) is 65.5 Å². The molecule has 2 N–H and O–H groups in total. The van der Waals surface area contributed by atoms with Crippen LogP contribution in [0.25, 0.3) is 5.69 Å². The van der Waals surface area contributed by atoms with E-state index in [-0.39, 0.29) is 4.90 Å². The molecule has 0 aliphatic carbocycles. The Labute approximate surface area is 168 Å². The van der Waals surface area contributed by atoms with Crippen LogP contribution in [0.15, 0.2) is 53.4 Å². The third-order valence-electron chi connectivity index (χ3n) is 4.16. The van der Waals surface area contributed by atoms with Crippen molar-refractivity contribution in [2.45, 2.75) is 25.7 Å². The van der Waals surface area contributed by atoms with Gasteiger partial charge in [-0.3, -0.25) is 4.72 Å². The molecule has 0 bridgehead atoms. The van der Waals surface area contributed by atoms with Crippen molar-refractivity contribution >= 4 is 21.7 Å². The molecule has 0 atom stereocenters. The molecule has 0 saturated carbocycles. The molecule has 8 nitrogen and oxygen atoms in total. The van der Waals surface area contributed by atoms with E-state index in [2.05, 4.69) is 9.82 Å². The Kier molecular flexibility index (Phi) is 5.60.